The van der Waals surface area contributed by atoms with Crippen LogP contribution in [0.3, 0.4) is 0 Å². The Kier molecular flexibility index (Phi) is 6.10. The topological polar surface area (TPSA) is 68.3 Å². The molecule has 0 fully saturated rings. The molecule has 6 nitrogen and oxygen atoms in total. The molecule has 3 rings (SSSR count). The number of nitrogens with one attached hydrogen (secondary N) is 2. The lowest BCUT2D eigenvalue weighted by atomic mass is 10.1. The maximum atomic E-state index is 5.35. The Morgan fingerprint density at radius 3 is 2.33 bits per heavy atom. The fraction of sp³-hybridized carbons (Fsp3) is 0.238. The van der Waals surface area contributed by atoms with E-state index >= 15 is 0 Å². The SMILES string of the molecule is COc1ccc(CCNc2cc(Nc3ccc(C)cc3)ncn2)cc1OC. The van der Waals surface area contributed by atoms with Crippen LogP contribution >= 0.6 is 0 Å². The van der Waals surface area contributed by atoms with Crippen LogP contribution in [0.25, 0.3) is 0 Å². The summed E-state index contributed by atoms with van der Waals surface area (Å²) in [5.41, 5.74) is 3.38. The summed E-state index contributed by atoms with van der Waals surface area (Å²) in [6.45, 7) is 2.81. The Bertz CT molecular complexity index is 882. The van der Waals surface area contributed by atoms with Gasteiger partial charge in [0.05, 0.1) is 14.2 Å². The van der Waals surface area contributed by atoms with E-state index in [-0.39, 0.29) is 0 Å². The number of aryl methyl sites for hydroxylation is 1. The van der Waals surface area contributed by atoms with Crippen molar-refractivity contribution in [2.45, 2.75) is 13.3 Å². The molecule has 0 saturated heterocycles. The Hall–Kier alpha value is -3.28. The average molecular weight is 364 g/mol. The average Bonchev–Trinajstić information content (AvgIpc) is 2.70. The molecule has 2 aromatic carbocycles. The van der Waals surface area contributed by atoms with Gasteiger partial charge in [-0.2, -0.15) is 0 Å². The number of hydrogen-bond donors (Lipinski definition) is 2. The molecule has 0 spiro atoms. The summed E-state index contributed by atoms with van der Waals surface area (Å²) >= 11 is 0. The first-order chi connectivity index (χ1) is 13.2. The van der Waals surface area contributed by atoms with E-state index < -0.39 is 0 Å². The molecule has 0 aliphatic heterocycles. The number of hydrogen-bond acceptors (Lipinski definition) is 6. The number of ether oxygens (including phenoxy) is 2. The van der Waals surface area contributed by atoms with Gasteiger partial charge in [0.1, 0.15) is 18.0 Å². The summed E-state index contributed by atoms with van der Waals surface area (Å²) in [6.07, 6.45) is 2.39. The van der Waals surface area contributed by atoms with Crippen molar-refractivity contribution >= 4 is 17.3 Å². The highest BCUT2D eigenvalue weighted by atomic mass is 16.5. The predicted molar refractivity (Wildman–Crippen MR) is 108 cm³/mol. The second-order valence-corrected chi connectivity index (χ2v) is 6.15. The molecular formula is C21H24N4O2. The molecule has 0 amide bonds. The zero-order valence-electron chi connectivity index (χ0n) is 15.8. The minimum atomic E-state index is 0.733. The summed E-state index contributed by atoms with van der Waals surface area (Å²) in [7, 11) is 3.28. The lowest BCUT2D eigenvalue weighted by molar-refractivity contribution is 0.354. The van der Waals surface area contributed by atoms with E-state index in [1.165, 1.54) is 5.56 Å². The summed E-state index contributed by atoms with van der Waals surface area (Å²) in [6, 6.07) is 16.0. The molecule has 2 N–H and O–H groups in total. The van der Waals surface area contributed by atoms with Crippen molar-refractivity contribution in [1.82, 2.24) is 9.97 Å². The number of anilines is 3. The lowest BCUT2D eigenvalue weighted by Crippen LogP contribution is -2.07. The van der Waals surface area contributed by atoms with Crippen molar-refractivity contribution in [3.63, 3.8) is 0 Å². The van der Waals surface area contributed by atoms with Gasteiger partial charge in [-0.25, -0.2) is 9.97 Å². The van der Waals surface area contributed by atoms with Crippen molar-refractivity contribution in [2.24, 2.45) is 0 Å². The molecule has 140 valence electrons. The largest absolute Gasteiger partial charge is 0.493 e. The molecule has 0 radical (unpaired) electrons. The van der Waals surface area contributed by atoms with E-state index in [1.54, 1.807) is 20.5 Å². The van der Waals surface area contributed by atoms with Gasteiger partial charge in [0, 0.05) is 18.3 Å². The van der Waals surface area contributed by atoms with Crippen LogP contribution in [0.2, 0.25) is 0 Å². The van der Waals surface area contributed by atoms with Crippen LogP contribution in [0.1, 0.15) is 11.1 Å². The fourth-order valence-electron chi connectivity index (χ4n) is 2.68. The second-order valence-electron chi connectivity index (χ2n) is 6.15. The zero-order chi connectivity index (χ0) is 19.1. The highest BCUT2D eigenvalue weighted by molar-refractivity contribution is 5.59. The summed E-state index contributed by atoms with van der Waals surface area (Å²) in [4.78, 5) is 8.55. The van der Waals surface area contributed by atoms with Gasteiger partial charge in [0.25, 0.3) is 0 Å². The van der Waals surface area contributed by atoms with Crippen molar-refractivity contribution < 1.29 is 9.47 Å². The third-order valence-corrected chi connectivity index (χ3v) is 4.16. The van der Waals surface area contributed by atoms with Crippen LogP contribution in [0, 0.1) is 6.92 Å². The van der Waals surface area contributed by atoms with E-state index in [0.717, 1.165) is 47.4 Å². The van der Waals surface area contributed by atoms with Crippen LogP contribution < -0.4 is 20.1 Å². The molecule has 1 heterocycles. The minimum Gasteiger partial charge on any atom is -0.493 e. The molecule has 1 aromatic heterocycles. The van der Waals surface area contributed by atoms with E-state index in [1.807, 2.05) is 36.4 Å². The number of benzene rings is 2. The smallest absolute Gasteiger partial charge is 0.160 e. The van der Waals surface area contributed by atoms with E-state index in [2.05, 4.69) is 39.7 Å². The van der Waals surface area contributed by atoms with Gasteiger partial charge in [0.2, 0.25) is 0 Å². The fourth-order valence-corrected chi connectivity index (χ4v) is 2.68. The Balaban J connectivity index is 1.57. The van der Waals surface area contributed by atoms with Crippen molar-refractivity contribution in [3.05, 3.63) is 66.0 Å². The van der Waals surface area contributed by atoms with Gasteiger partial charge in [0.15, 0.2) is 11.5 Å². The molecule has 0 bridgehead atoms. The third kappa shape index (κ3) is 5.10. The zero-order valence-corrected chi connectivity index (χ0v) is 15.8. The van der Waals surface area contributed by atoms with Crippen LogP contribution in [0.15, 0.2) is 54.9 Å². The molecule has 0 atom stereocenters. The molecule has 3 aromatic rings. The molecule has 0 aliphatic rings. The third-order valence-electron chi connectivity index (χ3n) is 4.16. The highest BCUT2D eigenvalue weighted by Gasteiger charge is 2.05. The van der Waals surface area contributed by atoms with Gasteiger partial charge >= 0.3 is 0 Å². The van der Waals surface area contributed by atoms with Crippen LogP contribution in [-0.2, 0) is 6.42 Å². The first-order valence-corrected chi connectivity index (χ1v) is 8.78. The predicted octanol–water partition coefficient (Wildman–Crippen LogP) is 4.20. The van der Waals surface area contributed by atoms with Gasteiger partial charge < -0.3 is 20.1 Å². The van der Waals surface area contributed by atoms with Crippen molar-refractivity contribution in [1.29, 1.82) is 0 Å². The lowest BCUT2D eigenvalue weighted by Gasteiger charge is -2.11. The van der Waals surface area contributed by atoms with E-state index in [0.29, 0.717) is 0 Å². The first-order valence-electron chi connectivity index (χ1n) is 8.78. The van der Waals surface area contributed by atoms with Gasteiger partial charge in [-0.3, -0.25) is 0 Å². The maximum absolute atomic E-state index is 5.35. The molecule has 6 heteroatoms. The molecule has 0 saturated carbocycles. The minimum absolute atomic E-state index is 0.733. The quantitative estimate of drug-likeness (QED) is 0.624. The molecule has 0 aliphatic carbocycles. The maximum Gasteiger partial charge on any atom is 0.160 e. The molecule has 0 unspecified atom stereocenters. The van der Waals surface area contributed by atoms with Crippen molar-refractivity contribution in [3.8, 4) is 11.5 Å². The molecular weight excluding hydrogens is 340 g/mol. The Labute approximate surface area is 159 Å². The molecule has 27 heavy (non-hydrogen) atoms. The monoisotopic (exact) mass is 364 g/mol. The summed E-state index contributed by atoms with van der Waals surface area (Å²) in [5.74, 6) is 3.00. The van der Waals surface area contributed by atoms with Crippen LogP contribution in [0.5, 0.6) is 11.5 Å². The summed E-state index contributed by atoms with van der Waals surface area (Å²) in [5, 5.41) is 6.62. The number of rotatable bonds is 8. The van der Waals surface area contributed by atoms with Gasteiger partial charge in [-0.05, 0) is 43.2 Å². The van der Waals surface area contributed by atoms with Gasteiger partial charge in [-0.1, -0.05) is 23.8 Å². The normalized spacial score (nSPS) is 10.3. The number of aromatic nitrogens is 2. The van der Waals surface area contributed by atoms with E-state index in [9.17, 15) is 0 Å². The highest BCUT2D eigenvalue weighted by Crippen LogP contribution is 2.27. The van der Waals surface area contributed by atoms with Crippen LogP contribution in [-0.4, -0.2) is 30.7 Å². The van der Waals surface area contributed by atoms with Crippen LogP contribution in [0.4, 0.5) is 17.3 Å². The Morgan fingerprint density at radius 1 is 0.852 bits per heavy atom. The Morgan fingerprint density at radius 2 is 1.59 bits per heavy atom. The second kappa shape index (κ2) is 8.89. The standard InChI is InChI=1S/C21H24N4O2/c1-15-4-7-17(8-5-15)25-21-13-20(23-14-24-21)22-11-10-16-6-9-18(26-2)19(12-16)27-3/h4-9,12-14H,10-11H2,1-3H3,(H2,22,23,24,25). The first kappa shape index (κ1) is 18.5. The number of nitrogens with zero attached hydrogens (tertiary/aromatic N) is 2. The van der Waals surface area contributed by atoms with Gasteiger partial charge in [-0.15, -0.1) is 0 Å². The number of methoxy groups -OCH3 is 2. The van der Waals surface area contributed by atoms with Crippen molar-refractivity contribution in [2.75, 3.05) is 31.4 Å². The summed E-state index contributed by atoms with van der Waals surface area (Å²) < 4.78 is 10.6. The van der Waals surface area contributed by atoms with E-state index in [4.69, 9.17) is 9.47 Å².